The van der Waals surface area contributed by atoms with Crippen LogP contribution in [0.25, 0.3) is 5.57 Å². The molecule has 2 aromatic rings. The summed E-state index contributed by atoms with van der Waals surface area (Å²) in [6, 6.07) is 18.8. The number of nitrogens with zero attached hydrogens (tertiary/aromatic N) is 1. The van der Waals surface area contributed by atoms with Crippen molar-refractivity contribution < 1.29 is 8.85 Å². The van der Waals surface area contributed by atoms with Crippen molar-refractivity contribution in [3.05, 3.63) is 72.3 Å². The molecular weight excluding hydrogens is 398 g/mol. The van der Waals surface area contributed by atoms with E-state index in [2.05, 4.69) is 61.7 Å². The minimum atomic E-state index is -1.44. The third-order valence-corrected chi connectivity index (χ3v) is 7.18. The first-order valence-electron chi connectivity index (χ1n) is 11.8. The molecule has 1 radical (unpaired) electrons. The summed E-state index contributed by atoms with van der Waals surface area (Å²) >= 11 is 0. The zero-order valence-corrected chi connectivity index (χ0v) is 20.7. The maximum atomic E-state index is 6.15. The molecule has 0 fully saturated rings. The molecule has 2 rings (SSSR count). The zero-order valence-electron chi connectivity index (χ0n) is 19.7. The van der Waals surface area contributed by atoms with Crippen LogP contribution >= 0.6 is 0 Å². The van der Waals surface area contributed by atoms with Gasteiger partial charge in [0.15, 0.2) is 0 Å². The molecule has 0 saturated heterocycles. The van der Waals surface area contributed by atoms with Crippen LogP contribution in [0.5, 0.6) is 0 Å². The highest BCUT2D eigenvalue weighted by Gasteiger charge is 2.17. The molecule has 2 aromatic carbocycles. The van der Waals surface area contributed by atoms with Crippen LogP contribution in [0.1, 0.15) is 63.5 Å². The fraction of sp³-hybridized carbons (Fsp3) is 0.481. The summed E-state index contributed by atoms with van der Waals surface area (Å²) in [5.41, 5.74) is 3.32. The van der Waals surface area contributed by atoms with Crippen LogP contribution in [0.2, 0.25) is 0 Å². The van der Waals surface area contributed by atoms with Gasteiger partial charge in [-0.1, -0.05) is 87.9 Å². The van der Waals surface area contributed by atoms with E-state index in [1.165, 1.54) is 51.7 Å². The Morgan fingerprint density at radius 1 is 0.806 bits per heavy atom. The van der Waals surface area contributed by atoms with E-state index in [9.17, 15) is 0 Å². The van der Waals surface area contributed by atoms with Gasteiger partial charge in [0, 0.05) is 13.7 Å². The molecule has 0 aromatic heterocycles. The molecule has 0 amide bonds. The van der Waals surface area contributed by atoms with Gasteiger partial charge >= 0.3 is 9.28 Å². The Morgan fingerprint density at radius 3 is 1.97 bits per heavy atom. The van der Waals surface area contributed by atoms with Crippen LogP contribution in [0.4, 0.5) is 0 Å². The Labute approximate surface area is 191 Å². The summed E-state index contributed by atoms with van der Waals surface area (Å²) in [5, 5.41) is 1.14. The number of rotatable bonds is 16. The summed E-state index contributed by atoms with van der Waals surface area (Å²) < 4.78 is 11.8. The Bertz CT molecular complexity index is 725. The molecule has 0 N–H and O–H groups in total. The Morgan fingerprint density at radius 2 is 1.39 bits per heavy atom. The summed E-state index contributed by atoms with van der Waals surface area (Å²) in [7, 11) is 0.313. The van der Waals surface area contributed by atoms with Gasteiger partial charge < -0.3 is 13.8 Å². The molecule has 0 unspecified atom stereocenters. The summed E-state index contributed by atoms with van der Waals surface area (Å²) in [6.45, 7) is 13.2. The lowest BCUT2D eigenvalue weighted by molar-refractivity contribution is 0.218. The molecule has 31 heavy (non-hydrogen) atoms. The topological polar surface area (TPSA) is 21.7 Å². The quantitative estimate of drug-likeness (QED) is 0.245. The van der Waals surface area contributed by atoms with Crippen molar-refractivity contribution in [2.75, 3.05) is 33.4 Å². The van der Waals surface area contributed by atoms with Crippen LogP contribution < -0.4 is 5.19 Å². The predicted octanol–water partition coefficient (Wildman–Crippen LogP) is 5.79. The lowest BCUT2D eigenvalue weighted by atomic mass is 10.00. The molecule has 0 saturated carbocycles. The average Bonchev–Trinajstić information content (AvgIpc) is 2.83. The maximum absolute atomic E-state index is 6.15. The molecule has 0 aliphatic carbocycles. The first-order valence-corrected chi connectivity index (χ1v) is 13.1. The zero-order chi connectivity index (χ0) is 22.3. The van der Waals surface area contributed by atoms with Gasteiger partial charge in [-0.05, 0) is 67.2 Å². The van der Waals surface area contributed by atoms with Gasteiger partial charge in [0.25, 0.3) is 0 Å². The van der Waals surface area contributed by atoms with Crippen molar-refractivity contribution in [3.63, 3.8) is 0 Å². The van der Waals surface area contributed by atoms with Crippen LogP contribution in [0.3, 0.4) is 0 Å². The molecule has 0 aliphatic heterocycles. The Hall–Kier alpha value is -1.72. The summed E-state index contributed by atoms with van der Waals surface area (Å²) in [6.07, 6.45) is 7.39. The van der Waals surface area contributed by atoms with Crippen molar-refractivity contribution in [1.29, 1.82) is 0 Å². The fourth-order valence-electron chi connectivity index (χ4n) is 3.57. The molecule has 0 bridgehead atoms. The third-order valence-electron chi connectivity index (χ3n) is 5.53. The largest absolute Gasteiger partial charge is 0.423 e. The Balaban J connectivity index is 1.78. The van der Waals surface area contributed by atoms with E-state index in [1.807, 2.05) is 18.2 Å². The van der Waals surface area contributed by atoms with Gasteiger partial charge in [-0.25, -0.2) is 0 Å². The number of hydrogen-bond donors (Lipinski definition) is 0. The molecular formula is C27H40NO2Si. The van der Waals surface area contributed by atoms with Crippen molar-refractivity contribution in [2.24, 2.45) is 0 Å². The SMILES string of the molecule is C=C(c1ccccc1)c1ccc([Si](OC)OCCCCN(CCCC)CCCC)cc1. The number of hydrogen-bond acceptors (Lipinski definition) is 3. The van der Waals surface area contributed by atoms with E-state index >= 15 is 0 Å². The van der Waals surface area contributed by atoms with E-state index in [1.54, 1.807) is 7.11 Å². The van der Waals surface area contributed by atoms with E-state index in [0.29, 0.717) is 0 Å². The molecule has 4 heteroatoms. The lowest BCUT2D eigenvalue weighted by Gasteiger charge is -2.22. The van der Waals surface area contributed by atoms with E-state index in [0.717, 1.165) is 34.9 Å². The van der Waals surface area contributed by atoms with Crippen LogP contribution in [0, 0.1) is 0 Å². The van der Waals surface area contributed by atoms with Gasteiger partial charge in [-0.3, -0.25) is 0 Å². The normalized spacial score (nSPS) is 11.4. The Kier molecular flexibility index (Phi) is 12.5. The van der Waals surface area contributed by atoms with Crippen molar-refractivity contribution in [2.45, 2.75) is 52.4 Å². The van der Waals surface area contributed by atoms with Crippen LogP contribution in [0.15, 0.2) is 61.2 Å². The molecule has 169 valence electrons. The second kappa shape index (κ2) is 15.1. The third kappa shape index (κ3) is 9.12. The molecule has 0 atom stereocenters. The van der Waals surface area contributed by atoms with Crippen LogP contribution in [-0.2, 0) is 8.85 Å². The van der Waals surface area contributed by atoms with E-state index < -0.39 is 9.28 Å². The van der Waals surface area contributed by atoms with Gasteiger partial charge in [0.1, 0.15) is 0 Å². The fourth-order valence-corrected chi connectivity index (χ4v) is 4.86. The second-order valence-electron chi connectivity index (χ2n) is 8.02. The van der Waals surface area contributed by atoms with Gasteiger partial charge in [0.2, 0.25) is 0 Å². The van der Waals surface area contributed by atoms with Crippen molar-refractivity contribution >= 4 is 20.0 Å². The first kappa shape index (κ1) is 25.5. The minimum Gasteiger partial charge on any atom is -0.393 e. The maximum Gasteiger partial charge on any atom is 0.423 e. The molecule has 0 aliphatic rings. The first-order chi connectivity index (χ1) is 15.2. The molecule has 0 heterocycles. The monoisotopic (exact) mass is 438 g/mol. The second-order valence-corrected chi connectivity index (χ2v) is 9.87. The number of unbranched alkanes of at least 4 members (excludes halogenated alkanes) is 3. The highest BCUT2D eigenvalue weighted by atomic mass is 28.3. The number of benzene rings is 2. The van der Waals surface area contributed by atoms with Gasteiger partial charge in [-0.15, -0.1) is 0 Å². The smallest absolute Gasteiger partial charge is 0.393 e. The summed E-state index contributed by atoms with van der Waals surface area (Å²) in [5.74, 6) is 0. The van der Waals surface area contributed by atoms with Crippen LogP contribution in [-0.4, -0.2) is 47.5 Å². The van der Waals surface area contributed by atoms with Gasteiger partial charge in [-0.2, -0.15) is 0 Å². The van der Waals surface area contributed by atoms with Crippen molar-refractivity contribution in [1.82, 2.24) is 4.90 Å². The van der Waals surface area contributed by atoms with E-state index in [4.69, 9.17) is 8.85 Å². The van der Waals surface area contributed by atoms with Gasteiger partial charge in [0.05, 0.1) is 0 Å². The average molecular weight is 439 g/mol. The standard InChI is InChI=1S/C27H40NO2Si/c1-5-7-20-28(21-8-6-2)22-12-13-23-30-31(29-4)27-18-16-26(17-19-27)24(3)25-14-10-9-11-15-25/h9-11,14-19H,3,5-8,12-13,20-23H2,1-2,4H3. The van der Waals surface area contributed by atoms with E-state index in [-0.39, 0.29) is 0 Å². The minimum absolute atomic E-state index is 0.760. The summed E-state index contributed by atoms with van der Waals surface area (Å²) in [4.78, 5) is 2.62. The lowest BCUT2D eigenvalue weighted by Crippen LogP contribution is -2.36. The van der Waals surface area contributed by atoms with Crippen molar-refractivity contribution in [3.8, 4) is 0 Å². The predicted molar refractivity (Wildman–Crippen MR) is 135 cm³/mol. The highest BCUT2D eigenvalue weighted by Crippen LogP contribution is 2.20. The molecule has 0 spiro atoms. The molecule has 3 nitrogen and oxygen atoms in total. The highest BCUT2D eigenvalue weighted by molar-refractivity contribution is 6.61.